The van der Waals surface area contributed by atoms with E-state index in [1.807, 2.05) is 0 Å². The third-order valence-corrected chi connectivity index (χ3v) is 5.39. The minimum Gasteiger partial charge on any atom is -0.507 e. The van der Waals surface area contributed by atoms with Crippen molar-refractivity contribution in [1.82, 2.24) is 0 Å². The Bertz CT molecular complexity index is 1230. The van der Waals surface area contributed by atoms with E-state index < -0.39 is 17.7 Å². The zero-order chi connectivity index (χ0) is 23.5. The highest BCUT2D eigenvalue weighted by Gasteiger charge is 2.46. The molecule has 0 saturated carbocycles. The van der Waals surface area contributed by atoms with Crippen LogP contribution in [0.1, 0.15) is 24.1 Å². The number of carbonyl (C=O) groups excluding carboxylic acids is 3. The predicted octanol–water partition coefficient (Wildman–Crippen LogP) is 4.28. The number of nitrogens with zero attached hydrogens (tertiary/aromatic N) is 1. The molecule has 1 heterocycles. The third-order valence-electron chi connectivity index (χ3n) is 5.39. The van der Waals surface area contributed by atoms with Gasteiger partial charge in [0.1, 0.15) is 11.5 Å². The summed E-state index contributed by atoms with van der Waals surface area (Å²) in [4.78, 5) is 39.0. The summed E-state index contributed by atoms with van der Waals surface area (Å²) in [6.45, 7) is 1.40. The maximum absolute atomic E-state index is 13.2. The van der Waals surface area contributed by atoms with Gasteiger partial charge in [0.2, 0.25) is 5.91 Å². The SMILES string of the molecule is COc1ccc(C2/C(=C(\O)c3ccccc3)C(=O)C(=O)N2c2ccc(NC(C)=O)cc2)cc1. The molecule has 0 radical (unpaired) electrons. The monoisotopic (exact) mass is 442 g/mol. The van der Waals surface area contributed by atoms with Crippen LogP contribution in [0.25, 0.3) is 5.76 Å². The summed E-state index contributed by atoms with van der Waals surface area (Å²) in [6.07, 6.45) is 0. The molecule has 3 aromatic rings. The molecular weight excluding hydrogens is 420 g/mol. The Labute approximate surface area is 190 Å². The Morgan fingerprint density at radius 1 is 0.939 bits per heavy atom. The Morgan fingerprint density at radius 2 is 1.58 bits per heavy atom. The molecule has 7 nitrogen and oxygen atoms in total. The lowest BCUT2D eigenvalue weighted by molar-refractivity contribution is -0.132. The van der Waals surface area contributed by atoms with Gasteiger partial charge in [-0.25, -0.2) is 0 Å². The molecule has 33 heavy (non-hydrogen) atoms. The molecule has 1 aliphatic heterocycles. The molecular formula is C26H22N2O5. The number of methoxy groups -OCH3 is 1. The fourth-order valence-corrected chi connectivity index (χ4v) is 3.86. The highest BCUT2D eigenvalue weighted by Crippen LogP contribution is 2.42. The largest absolute Gasteiger partial charge is 0.507 e. The Kier molecular flexibility index (Phi) is 5.95. The second-order valence-corrected chi connectivity index (χ2v) is 7.54. The van der Waals surface area contributed by atoms with Crippen LogP contribution in [0.2, 0.25) is 0 Å². The van der Waals surface area contributed by atoms with Crippen molar-refractivity contribution >= 4 is 34.7 Å². The molecule has 166 valence electrons. The van der Waals surface area contributed by atoms with E-state index in [-0.39, 0.29) is 17.2 Å². The van der Waals surface area contributed by atoms with Crippen molar-refractivity contribution in [3.8, 4) is 5.75 Å². The smallest absolute Gasteiger partial charge is 0.300 e. The standard InChI is InChI=1S/C26H22N2O5/c1-16(29)27-19-10-12-20(13-11-19)28-23(17-8-14-21(33-2)15-9-17)22(25(31)26(28)32)24(30)18-6-4-3-5-7-18/h3-15,23,30H,1-2H3,(H,27,29)/b24-22+. The van der Waals surface area contributed by atoms with Crippen molar-refractivity contribution < 1.29 is 24.2 Å². The number of amides is 2. The molecule has 7 heteroatoms. The molecule has 0 bridgehead atoms. The van der Waals surface area contributed by atoms with Crippen LogP contribution in [0.15, 0.2) is 84.4 Å². The fourth-order valence-electron chi connectivity index (χ4n) is 3.86. The number of Topliss-reactive ketones (excluding diaryl/α,β-unsaturated/α-hetero) is 1. The van der Waals surface area contributed by atoms with E-state index in [0.717, 1.165) is 0 Å². The van der Waals surface area contributed by atoms with E-state index in [9.17, 15) is 19.5 Å². The lowest BCUT2D eigenvalue weighted by atomic mass is 9.95. The van der Waals surface area contributed by atoms with Gasteiger partial charge in [0, 0.05) is 23.9 Å². The first-order valence-electron chi connectivity index (χ1n) is 10.3. The minimum atomic E-state index is -0.845. The lowest BCUT2D eigenvalue weighted by Gasteiger charge is -2.25. The van der Waals surface area contributed by atoms with Crippen LogP contribution in [0.3, 0.4) is 0 Å². The van der Waals surface area contributed by atoms with Gasteiger partial charge in [0.25, 0.3) is 11.7 Å². The summed E-state index contributed by atoms with van der Waals surface area (Å²) in [5, 5.41) is 13.7. The Hall–Kier alpha value is -4.39. The van der Waals surface area contributed by atoms with Crippen LogP contribution in [0.4, 0.5) is 11.4 Å². The summed E-state index contributed by atoms with van der Waals surface area (Å²) >= 11 is 0. The fraction of sp³-hybridized carbons (Fsp3) is 0.115. The van der Waals surface area contributed by atoms with Gasteiger partial charge < -0.3 is 15.2 Å². The van der Waals surface area contributed by atoms with Crippen molar-refractivity contribution in [1.29, 1.82) is 0 Å². The molecule has 2 amide bonds. The Balaban J connectivity index is 1.86. The molecule has 1 unspecified atom stereocenters. The van der Waals surface area contributed by atoms with Crippen molar-refractivity contribution in [3.63, 3.8) is 0 Å². The molecule has 1 saturated heterocycles. The highest BCUT2D eigenvalue weighted by molar-refractivity contribution is 6.51. The van der Waals surface area contributed by atoms with Gasteiger partial charge in [-0.1, -0.05) is 42.5 Å². The van der Waals surface area contributed by atoms with Crippen molar-refractivity contribution in [3.05, 3.63) is 95.6 Å². The van der Waals surface area contributed by atoms with Crippen molar-refractivity contribution in [2.75, 3.05) is 17.3 Å². The van der Waals surface area contributed by atoms with Gasteiger partial charge in [-0.05, 0) is 42.0 Å². The number of anilines is 2. The topological polar surface area (TPSA) is 95.9 Å². The summed E-state index contributed by atoms with van der Waals surface area (Å²) in [6, 6.07) is 21.4. The summed E-state index contributed by atoms with van der Waals surface area (Å²) in [5.41, 5.74) is 2.10. The van der Waals surface area contributed by atoms with Crippen LogP contribution >= 0.6 is 0 Å². The quantitative estimate of drug-likeness (QED) is 0.349. The molecule has 1 aliphatic rings. The first-order valence-corrected chi connectivity index (χ1v) is 10.3. The molecule has 0 aromatic heterocycles. The van der Waals surface area contributed by atoms with Gasteiger partial charge in [-0.3, -0.25) is 19.3 Å². The van der Waals surface area contributed by atoms with Gasteiger partial charge in [-0.2, -0.15) is 0 Å². The number of nitrogens with one attached hydrogen (secondary N) is 1. The van der Waals surface area contributed by atoms with Crippen LogP contribution in [-0.4, -0.2) is 29.8 Å². The average Bonchev–Trinajstić information content (AvgIpc) is 3.10. The molecule has 3 aromatic carbocycles. The first kappa shape index (κ1) is 21.8. The van der Waals surface area contributed by atoms with Crippen LogP contribution in [0, 0.1) is 0 Å². The summed E-state index contributed by atoms with van der Waals surface area (Å²) in [7, 11) is 1.55. The van der Waals surface area contributed by atoms with Crippen molar-refractivity contribution in [2.24, 2.45) is 0 Å². The van der Waals surface area contributed by atoms with Crippen LogP contribution in [0.5, 0.6) is 5.75 Å². The number of hydrogen-bond acceptors (Lipinski definition) is 5. The molecule has 0 spiro atoms. The zero-order valence-corrected chi connectivity index (χ0v) is 18.1. The number of ether oxygens (including phenoxy) is 1. The minimum absolute atomic E-state index is 0.00213. The number of ketones is 1. The first-order chi connectivity index (χ1) is 15.9. The number of aliphatic hydroxyl groups excluding tert-OH is 1. The predicted molar refractivity (Wildman–Crippen MR) is 125 cm³/mol. The van der Waals surface area contributed by atoms with Crippen LogP contribution in [-0.2, 0) is 14.4 Å². The second kappa shape index (κ2) is 9.00. The number of aliphatic hydroxyl groups is 1. The molecule has 4 rings (SSSR count). The van der Waals surface area contributed by atoms with E-state index in [1.165, 1.54) is 11.8 Å². The summed E-state index contributed by atoms with van der Waals surface area (Å²) < 4.78 is 5.23. The molecule has 1 atom stereocenters. The van der Waals surface area contributed by atoms with E-state index in [1.54, 1.807) is 86.0 Å². The molecule has 0 aliphatic carbocycles. The van der Waals surface area contributed by atoms with Gasteiger partial charge in [-0.15, -0.1) is 0 Å². The zero-order valence-electron chi connectivity index (χ0n) is 18.1. The summed E-state index contributed by atoms with van der Waals surface area (Å²) in [5.74, 6) is -1.36. The molecule has 1 fully saturated rings. The van der Waals surface area contributed by atoms with Gasteiger partial charge in [0.05, 0.1) is 18.7 Å². The maximum atomic E-state index is 13.2. The normalized spacial score (nSPS) is 17.2. The lowest BCUT2D eigenvalue weighted by Crippen LogP contribution is -2.29. The highest BCUT2D eigenvalue weighted by atomic mass is 16.5. The molecule has 2 N–H and O–H groups in total. The van der Waals surface area contributed by atoms with E-state index in [0.29, 0.717) is 28.3 Å². The van der Waals surface area contributed by atoms with E-state index in [2.05, 4.69) is 5.32 Å². The van der Waals surface area contributed by atoms with E-state index in [4.69, 9.17) is 4.74 Å². The van der Waals surface area contributed by atoms with Gasteiger partial charge in [0.15, 0.2) is 0 Å². The van der Waals surface area contributed by atoms with Gasteiger partial charge >= 0.3 is 0 Å². The van der Waals surface area contributed by atoms with Crippen molar-refractivity contribution in [2.45, 2.75) is 13.0 Å². The number of rotatable bonds is 5. The third kappa shape index (κ3) is 4.21. The van der Waals surface area contributed by atoms with Crippen LogP contribution < -0.4 is 15.0 Å². The maximum Gasteiger partial charge on any atom is 0.300 e. The second-order valence-electron chi connectivity index (χ2n) is 7.54. The average molecular weight is 442 g/mol. The number of benzene rings is 3. The number of carbonyl (C=O) groups is 3. The Morgan fingerprint density at radius 3 is 2.15 bits per heavy atom. The number of hydrogen-bond donors (Lipinski definition) is 2. The van der Waals surface area contributed by atoms with E-state index >= 15 is 0 Å².